The van der Waals surface area contributed by atoms with Crippen molar-refractivity contribution in [2.75, 3.05) is 6.54 Å². The summed E-state index contributed by atoms with van der Waals surface area (Å²) in [4.78, 5) is 11.3. The zero-order chi connectivity index (χ0) is 17.5. The molecule has 2 N–H and O–H groups in total. The Bertz CT molecular complexity index is 650. The number of rotatable bonds is 8. The van der Waals surface area contributed by atoms with Crippen LogP contribution < -0.4 is 5.32 Å². The minimum Gasteiger partial charge on any atom is -0.481 e. The molecule has 2 aromatic rings. The average Bonchev–Trinajstić information content (AvgIpc) is 2.55. The minimum absolute atomic E-state index is 0.335. The number of carboxylic acid groups (broad SMARTS) is 1. The fourth-order valence-electron chi connectivity index (χ4n) is 2.69. The molecule has 24 heavy (non-hydrogen) atoms. The van der Waals surface area contributed by atoms with E-state index in [2.05, 4.69) is 29.6 Å². The summed E-state index contributed by atoms with van der Waals surface area (Å²) < 4.78 is 0. The minimum atomic E-state index is -0.728. The van der Waals surface area contributed by atoms with Crippen LogP contribution >= 0.6 is 11.6 Å². The maximum absolute atomic E-state index is 11.3. The molecule has 0 fully saturated rings. The van der Waals surface area contributed by atoms with Crippen LogP contribution in [-0.2, 0) is 11.3 Å². The third-order valence-corrected chi connectivity index (χ3v) is 4.21. The van der Waals surface area contributed by atoms with Crippen LogP contribution in [0.5, 0.6) is 0 Å². The summed E-state index contributed by atoms with van der Waals surface area (Å²) in [6.07, 6.45) is 0.692. The lowest BCUT2D eigenvalue weighted by Gasteiger charge is -2.15. The highest BCUT2D eigenvalue weighted by Gasteiger charge is 2.18. The Morgan fingerprint density at radius 2 is 1.58 bits per heavy atom. The SMILES string of the molecule is CC(C)CC(CNCc1ccc(-c2ccc(Cl)cc2)cc1)C(=O)O. The van der Waals surface area contributed by atoms with Gasteiger partial charge in [0.05, 0.1) is 5.92 Å². The molecular formula is C20H24ClNO2. The first-order valence-electron chi connectivity index (χ1n) is 8.24. The second-order valence-electron chi connectivity index (χ2n) is 6.50. The Balaban J connectivity index is 1.89. The highest BCUT2D eigenvalue weighted by molar-refractivity contribution is 6.30. The lowest BCUT2D eigenvalue weighted by atomic mass is 9.97. The van der Waals surface area contributed by atoms with Crippen LogP contribution in [-0.4, -0.2) is 17.6 Å². The number of benzene rings is 2. The van der Waals surface area contributed by atoms with E-state index in [1.807, 2.05) is 38.1 Å². The lowest BCUT2D eigenvalue weighted by molar-refractivity contribution is -0.142. The van der Waals surface area contributed by atoms with Crippen LogP contribution in [0.4, 0.5) is 0 Å². The van der Waals surface area contributed by atoms with E-state index in [9.17, 15) is 9.90 Å². The molecule has 0 aliphatic carbocycles. The molecule has 4 heteroatoms. The summed E-state index contributed by atoms with van der Waals surface area (Å²) in [6.45, 7) is 5.26. The standard InChI is InChI=1S/C20H24ClNO2/c1-14(2)11-18(20(23)24)13-22-12-15-3-5-16(6-4-15)17-7-9-19(21)10-8-17/h3-10,14,18,22H,11-13H2,1-2H3,(H,23,24). The van der Waals surface area contributed by atoms with Crippen LogP contribution in [0, 0.1) is 11.8 Å². The summed E-state index contributed by atoms with van der Waals surface area (Å²) in [5, 5.41) is 13.2. The van der Waals surface area contributed by atoms with Gasteiger partial charge in [0.2, 0.25) is 0 Å². The molecule has 0 radical (unpaired) electrons. The van der Waals surface area contributed by atoms with Crippen molar-refractivity contribution in [3.05, 3.63) is 59.1 Å². The molecule has 1 atom stereocenters. The Hall–Kier alpha value is -1.84. The monoisotopic (exact) mass is 345 g/mol. The smallest absolute Gasteiger partial charge is 0.307 e. The summed E-state index contributed by atoms with van der Waals surface area (Å²) in [5.41, 5.74) is 3.40. The Morgan fingerprint density at radius 1 is 1.04 bits per heavy atom. The van der Waals surface area contributed by atoms with Crippen molar-refractivity contribution in [2.45, 2.75) is 26.8 Å². The molecule has 0 aliphatic rings. The Morgan fingerprint density at radius 3 is 2.08 bits per heavy atom. The molecule has 3 nitrogen and oxygen atoms in total. The number of aliphatic carboxylic acids is 1. The number of hydrogen-bond donors (Lipinski definition) is 2. The Labute approximate surface area is 148 Å². The zero-order valence-electron chi connectivity index (χ0n) is 14.1. The van der Waals surface area contributed by atoms with Gasteiger partial charge in [0.1, 0.15) is 0 Å². The molecule has 1 unspecified atom stereocenters. The normalized spacial score (nSPS) is 12.3. The van der Waals surface area contributed by atoms with Crippen molar-refractivity contribution in [3.8, 4) is 11.1 Å². The first kappa shape index (κ1) is 18.5. The molecular weight excluding hydrogens is 322 g/mol. The second kappa shape index (κ2) is 8.86. The van der Waals surface area contributed by atoms with Crippen LogP contribution in [0.25, 0.3) is 11.1 Å². The Kier molecular flexibility index (Phi) is 6.83. The van der Waals surface area contributed by atoms with Crippen molar-refractivity contribution in [2.24, 2.45) is 11.8 Å². The van der Waals surface area contributed by atoms with Crippen molar-refractivity contribution >= 4 is 17.6 Å². The summed E-state index contributed by atoms with van der Waals surface area (Å²) in [6, 6.07) is 16.0. The van der Waals surface area contributed by atoms with Crippen LogP contribution in [0.15, 0.2) is 48.5 Å². The van der Waals surface area contributed by atoms with E-state index in [4.69, 9.17) is 11.6 Å². The van der Waals surface area contributed by atoms with E-state index in [-0.39, 0.29) is 5.92 Å². The van der Waals surface area contributed by atoms with Gasteiger partial charge in [0.25, 0.3) is 0 Å². The molecule has 0 aliphatic heterocycles. The molecule has 0 aromatic heterocycles. The number of nitrogens with one attached hydrogen (secondary N) is 1. The first-order valence-corrected chi connectivity index (χ1v) is 8.62. The summed E-state index contributed by atoms with van der Waals surface area (Å²) in [5.74, 6) is -0.681. The van der Waals surface area contributed by atoms with Gasteiger partial charge in [-0.1, -0.05) is 61.8 Å². The van der Waals surface area contributed by atoms with E-state index in [1.165, 1.54) is 0 Å². The fraction of sp³-hybridized carbons (Fsp3) is 0.350. The molecule has 0 saturated heterocycles. The van der Waals surface area contributed by atoms with Gasteiger partial charge in [0, 0.05) is 18.1 Å². The number of carboxylic acids is 1. The average molecular weight is 346 g/mol. The molecule has 0 spiro atoms. The first-order chi connectivity index (χ1) is 11.5. The molecule has 0 amide bonds. The topological polar surface area (TPSA) is 49.3 Å². The quantitative estimate of drug-likeness (QED) is 0.719. The predicted molar refractivity (Wildman–Crippen MR) is 99.2 cm³/mol. The molecule has 2 rings (SSSR count). The van der Waals surface area contributed by atoms with Gasteiger partial charge in [-0.2, -0.15) is 0 Å². The number of halogens is 1. The van der Waals surface area contributed by atoms with E-state index >= 15 is 0 Å². The fourth-order valence-corrected chi connectivity index (χ4v) is 2.81. The lowest BCUT2D eigenvalue weighted by Crippen LogP contribution is -2.29. The van der Waals surface area contributed by atoms with Crippen LogP contribution in [0.3, 0.4) is 0 Å². The number of hydrogen-bond acceptors (Lipinski definition) is 2. The molecule has 0 heterocycles. The third-order valence-electron chi connectivity index (χ3n) is 3.96. The van der Waals surface area contributed by atoms with Gasteiger partial charge in [-0.25, -0.2) is 0 Å². The van der Waals surface area contributed by atoms with Crippen molar-refractivity contribution in [1.82, 2.24) is 5.32 Å². The van der Waals surface area contributed by atoms with E-state index < -0.39 is 5.97 Å². The predicted octanol–water partition coefficient (Wildman–Crippen LogP) is 4.84. The molecule has 2 aromatic carbocycles. The van der Waals surface area contributed by atoms with E-state index in [1.54, 1.807) is 0 Å². The molecule has 0 bridgehead atoms. The van der Waals surface area contributed by atoms with Gasteiger partial charge in [-0.15, -0.1) is 0 Å². The maximum Gasteiger partial charge on any atom is 0.307 e. The van der Waals surface area contributed by atoms with Crippen LogP contribution in [0.2, 0.25) is 5.02 Å². The van der Waals surface area contributed by atoms with Crippen molar-refractivity contribution < 1.29 is 9.90 Å². The molecule has 128 valence electrons. The molecule has 0 saturated carbocycles. The number of carbonyl (C=O) groups is 1. The van der Waals surface area contributed by atoms with Gasteiger partial charge >= 0.3 is 5.97 Å². The van der Waals surface area contributed by atoms with E-state index in [0.29, 0.717) is 25.4 Å². The van der Waals surface area contributed by atoms with Gasteiger partial charge in [-0.05, 0) is 41.2 Å². The van der Waals surface area contributed by atoms with Crippen molar-refractivity contribution in [1.29, 1.82) is 0 Å². The highest BCUT2D eigenvalue weighted by Crippen LogP contribution is 2.22. The third kappa shape index (κ3) is 5.66. The maximum atomic E-state index is 11.3. The second-order valence-corrected chi connectivity index (χ2v) is 6.94. The summed E-state index contributed by atoms with van der Waals surface area (Å²) >= 11 is 5.91. The van der Waals surface area contributed by atoms with Crippen molar-refractivity contribution in [3.63, 3.8) is 0 Å². The largest absolute Gasteiger partial charge is 0.481 e. The highest BCUT2D eigenvalue weighted by atomic mass is 35.5. The summed E-state index contributed by atoms with van der Waals surface area (Å²) in [7, 11) is 0. The zero-order valence-corrected chi connectivity index (χ0v) is 14.9. The van der Waals surface area contributed by atoms with Gasteiger partial charge < -0.3 is 10.4 Å². The van der Waals surface area contributed by atoms with E-state index in [0.717, 1.165) is 21.7 Å². The van der Waals surface area contributed by atoms with Gasteiger partial charge in [-0.3, -0.25) is 4.79 Å². The van der Waals surface area contributed by atoms with Crippen LogP contribution in [0.1, 0.15) is 25.8 Å². The van der Waals surface area contributed by atoms with Gasteiger partial charge in [0.15, 0.2) is 0 Å².